The molecule has 7 heteroatoms. The Morgan fingerprint density at radius 3 is 1.52 bits per heavy atom. The van der Waals surface area contributed by atoms with E-state index < -0.39 is 14.4 Å². The Balaban J connectivity index is 3.97. The van der Waals surface area contributed by atoms with Crippen molar-refractivity contribution in [3.8, 4) is 0 Å². The zero-order valence-electron chi connectivity index (χ0n) is 30.4. The van der Waals surface area contributed by atoms with Crippen LogP contribution in [0.25, 0.3) is 0 Å². The van der Waals surface area contributed by atoms with Crippen molar-refractivity contribution in [1.29, 1.82) is 0 Å². The molecule has 0 heterocycles. The van der Waals surface area contributed by atoms with Gasteiger partial charge in [0.2, 0.25) is 0 Å². The molecule has 0 aromatic carbocycles. The van der Waals surface area contributed by atoms with Gasteiger partial charge in [0.1, 0.15) is 13.2 Å². The van der Waals surface area contributed by atoms with Crippen molar-refractivity contribution in [2.24, 2.45) is 0 Å². The molecular weight excluding hydrogens is 619 g/mol. The molecule has 48 heavy (non-hydrogen) atoms. The van der Waals surface area contributed by atoms with Crippen LogP contribution in [0.3, 0.4) is 0 Å². The third kappa shape index (κ3) is 37.9. The van der Waals surface area contributed by atoms with E-state index in [1.165, 1.54) is 70.6 Å². The molecule has 272 valence electrons. The fraction of sp³-hybridized carbons (Fsp3) is 0.634. The Kier molecular flexibility index (Phi) is 36.9. The number of allylic oxidation sites excluding steroid dienone is 13. The molecule has 0 aromatic heterocycles. The van der Waals surface area contributed by atoms with E-state index in [1.54, 1.807) is 6.26 Å². The van der Waals surface area contributed by atoms with Crippen LogP contribution in [-0.2, 0) is 23.4 Å². The molecule has 0 saturated heterocycles. The first kappa shape index (κ1) is 45.5. The lowest BCUT2D eigenvalue weighted by Gasteiger charge is -2.14. The van der Waals surface area contributed by atoms with Gasteiger partial charge in [-0.25, -0.2) is 0 Å². The van der Waals surface area contributed by atoms with Crippen LogP contribution in [0.4, 0.5) is 0 Å². The smallest absolute Gasteiger partial charge is 0.498 e. The first-order valence-corrected chi connectivity index (χ1v) is 19.9. The zero-order valence-corrected chi connectivity index (χ0v) is 31.3. The van der Waals surface area contributed by atoms with Crippen LogP contribution in [0.1, 0.15) is 149 Å². The van der Waals surface area contributed by atoms with E-state index in [9.17, 15) is 9.36 Å². The Bertz CT molecular complexity index is 947. The van der Waals surface area contributed by atoms with Crippen LogP contribution < -0.4 is 0 Å². The maximum absolute atomic E-state index is 12.3. The third-order valence-corrected chi connectivity index (χ3v) is 7.85. The van der Waals surface area contributed by atoms with Gasteiger partial charge in [0, 0.05) is 11.0 Å². The lowest BCUT2D eigenvalue weighted by molar-refractivity contribution is -0.152. The molecule has 1 N–H and O–H groups in total. The highest BCUT2D eigenvalue weighted by atomic mass is 31.1. The first-order chi connectivity index (χ1) is 23.6. The van der Waals surface area contributed by atoms with Crippen molar-refractivity contribution in [2.75, 3.05) is 13.2 Å². The number of rotatable bonds is 34. The molecular formula is C41H68O6P+. The van der Waals surface area contributed by atoms with Crippen LogP contribution in [0.2, 0.25) is 0 Å². The highest BCUT2D eigenvalue weighted by Crippen LogP contribution is 2.16. The number of hydrogen-bond acceptors (Lipinski definition) is 5. The summed E-state index contributed by atoms with van der Waals surface area (Å²) in [6.45, 7) is 4.29. The fourth-order valence-electron chi connectivity index (χ4n) is 4.75. The van der Waals surface area contributed by atoms with Gasteiger partial charge in [0.25, 0.3) is 0 Å². The van der Waals surface area contributed by atoms with Gasteiger partial charge in [-0.1, -0.05) is 157 Å². The third-order valence-electron chi connectivity index (χ3n) is 7.48. The van der Waals surface area contributed by atoms with E-state index in [0.717, 1.165) is 51.4 Å². The zero-order chi connectivity index (χ0) is 35.0. The normalized spacial score (nSPS) is 13.5. The van der Waals surface area contributed by atoms with E-state index in [2.05, 4.69) is 74.6 Å². The average Bonchev–Trinajstić information content (AvgIpc) is 3.07. The van der Waals surface area contributed by atoms with Crippen molar-refractivity contribution >= 4 is 14.2 Å². The number of hydrogen-bond donors (Lipinski definition) is 1. The van der Waals surface area contributed by atoms with Crippen molar-refractivity contribution in [3.63, 3.8) is 0 Å². The molecule has 0 aliphatic rings. The summed E-state index contributed by atoms with van der Waals surface area (Å²) in [6.07, 6.45) is 51.9. The van der Waals surface area contributed by atoms with E-state index in [0.29, 0.717) is 6.42 Å². The predicted octanol–water partition coefficient (Wildman–Crippen LogP) is 12.7. The molecule has 0 amide bonds. The van der Waals surface area contributed by atoms with Crippen LogP contribution in [0.15, 0.2) is 85.3 Å². The summed E-state index contributed by atoms with van der Waals surface area (Å²) in [7, 11) is -2.77. The summed E-state index contributed by atoms with van der Waals surface area (Å²) in [5, 5.41) is 0. The molecule has 0 radical (unpaired) electrons. The SMILES string of the molecule is CCC=CCC=CCC=CCC=CCC=CCC=CCCC(=O)OC(COC=CCCCCCCCCCCCCCC)CO[P+](=O)O. The molecule has 2 unspecified atom stereocenters. The Labute approximate surface area is 295 Å². The van der Waals surface area contributed by atoms with Gasteiger partial charge in [-0.3, -0.25) is 4.79 Å². The van der Waals surface area contributed by atoms with Gasteiger partial charge >= 0.3 is 14.2 Å². The van der Waals surface area contributed by atoms with E-state index in [-0.39, 0.29) is 25.6 Å². The minimum atomic E-state index is -2.77. The molecule has 0 aliphatic heterocycles. The van der Waals surface area contributed by atoms with Crippen molar-refractivity contribution in [1.82, 2.24) is 0 Å². The topological polar surface area (TPSA) is 82.1 Å². The summed E-state index contributed by atoms with van der Waals surface area (Å²) in [4.78, 5) is 21.3. The van der Waals surface area contributed by atoms with Gasteiger partial charge in [0.05, 0.1) is 6.26 Å². The molecule has 0 bridgehead atoms. The largest absolute Gasteiger partial charge is 0.694 e. The molecule has 0 aliphatic carbocycles. The number of carbonyl (C=O) groups excluding carboxylic acids is 1. The minimum absolute atomic E-state index is 0.0732. The van der Waals surface area contributed by atoms with Gasteiger partial charge in [-0.05, 0) is 63.9 Å². The van der Waals surface area contributed by atoms with Gasteiger partial charge in [0.15, 0.2) is 6.10 Å². The summed E-state index contributed by atoms with van der Waals surface area (Å²) >= 11 is 0. The average molecular weight is 688 g/mol. The summed E-state index contributed by atoms with van der Waals surface area (Å²) < 4.78 is 26.7. The molecule has 2 atom stereocenters. The molecule has 0 fully saturated rings. The minimum Gasteiger partial charge on any atom is -0.498 e. The Morgan fingerprint density at radius 1 is 0.583 bits per heavy atom. The monoisotopic (exact) mass is 687 g/mol. The van der Waals surface area contributed by atoms with Crippen molar-refractivity contribution in [2.45, 2.75) is 155 Å². The first-order valence-electron chi connectivity index (χ1n) is 18.7. The molecule has 6 nitrogen and oxygen atoms in total. The second-order valence-electron chi connectivity index (χ2n) is 12.0. The molecule has 0 spiro atoms. The number of esters is 1. The van der Waals surface area contributed by atoms with Crippen LogP contribution in [-0.4, -0.2) is 30.2 Å². The maximum atomic E-state index is 12.3. The predicted molar refractivity (Wildman–Crippen MR) is 204 cm³/mol. The second-order valence-corrected chi connectivity index (χ2v) is 12.7. The summed E-state index contributed by atoms with van der Waals surface area (Å²) in [5.41, 5.74) is 0. The standard InChI is InChI=1S/C41H67O6P/c1-3-5-7-9-11-13-15-17-19-20-21-22-23-24-26-28-30-32-34-36-41(42)47-40(39-46-48(43)44)38-45-37-35-33-31-29-27-25-18-16-14-12-10-8-6-4-2/h5,7,11,13,17,19,21-22,24,26,30,32,35,37,40H,3-4,6,8-10,12,14-16,18,20,23,25,27-29,31,33-34,36,38-39H2,1-2H3/p+1. The van der Waals surface area contributed by atoms with E-state index in [1.807, 2.05) is 18.2 Å². The van der Waals surface area contributed by atoms with Gasteiger partial charge < -0.3 is 9.47 Å². The Morgan fingerprint density at radius 2 is 1.04 bits per heavy atom. The second kappa shape index (κ2) is 38.9. The quantitative estimate of drug-likeness (QED) is 0.0238. The highest BCUT2D eigenvalue weighted by Gasteiger charge is 2.21. The van der Waals surface area contributed by atoms with Crippen LogP contribution in [0.5, 0.6) is 0 Å². The van der Waals surface area contributed by atoms with Crippen molar-refractivity contribution < 1.29 is 28.3 Å². The molecule has 0 rings (SSSR count). The number of ether oxygens (including phenoxy) is 2. The van der Waals surface area contributed by atoms with E-state index >= 15 is 0 Å². The lowest BCUT2D eigenvalue weighted by Crippen LogP contribution is -2.27. The van der Waals surface area contributed by atoms with Crippen molar-refractivity contribution in [3.05, 3.63) is 85.3 Å². The van der Waals surface area contributed by atoms with Crippen LogP contribution in [0, 0.1) is 0 Å². The molecule has 0 saturated carbocycles. The fourth-order valence-corrected chi connectivity index (χ4v) is 5.04. The highest BCUT2D eigenvalue weighted by molar-refractivity contribution is 7.32. The van der Waals surface area contributed by atoms with E-state index in [4.69, 9.17) is 18.9 Å². The number of unbranched alkanes of at least 4 members (excludes halogenated alkanes) is 12. The summed E-state index contributed by atoms with van der Waals surface area (Å²) in [5.74, 6) is -0.389. The van der Waals surface area contributed by atoms with Crippen LogP contribution >= 0.6 is 8.25 Å². The number of carbonyl (C=O) groups is 1. The lowest BCUT2D eigenvalue weighted by atomic mass is 10.0. The summed E-state index contributed by atoms with van der Waals surface area (Å²) in [6, 6.07) is 0. The molecule has 0 aromatic rings. The maximum Gasteiger partial charge on any atom is 0.694 e. The van der Waals surface area contributed by atoms with Gasteiger partial charge in [-0.2, -0.15) is 0 Å². The Hall–Kier alpha value is -2.53. The van der Waals surface area contributed by atoms with Gasteiger partial charge in [-0.15, -0.1) is 9.42 Å².